The Morgan fingerprint density at radius 1 is 1.33 bits per heavy atom. The first-order valence-corrected chi connectivity index (χ1v) is 7.53. The minimum atomic E-state index is -4.11. The zero-order valence-electron chi connectivity index (χ0n) is 11.8. The number of benzene rings is 1. The molecular formula is C15H19ClF3NO. The van der Waals surface area contributed by atoms with Crippen molar-refractivity contribution >= 4 is 17.3 Å². The van der Waals surface area contributed by atoms with E-state index < -0.39 is 12.1 Å². The fourth-order valence-corrected chi connectivity index (χ4v) is 2.91. The Labute approximate surface area is 127 Å². The van der Waals surface area contributed by atoms with Crippen LogP contribution in [0.1, 0.15) is 32.6 Å². The SMILES string of the molecule is CCOc1ccc(Cl)cc1NC1CCCC(C(F)(F)F)C1. The summed E-state index contributed by atoms with van der Waals surface area (Å²) in [7, 11) is 0. The Morgan fingerprint density at radius 3 is 2.76 bits per heavy atom. The third kappa shape index (κ3) is 4.43. The minimum Gasteiger partial charge on any atom is -0.492 e. The zero-order chi connectivity index (χ0) is 15.5. The maximum absolute atomic E-state index is 12.8. The van der Waals surface area contributed by atoms with Crippen LogP contribution in [0.15, 0.2) is 18.2 Å². The lowest BCUT2D eigenvalue weighted by molar-refractivity contribution is -0.182. The largest absolute Gasteiger partial charge is 0.492 e. The fourth-order valence-electron chi connectivity index (χ4n) is 2.73. The van der Waals surface area contributed by atoms with Crippen LogP contribution in [0, 0.1) is 5.92 Å². The van der Waals surface area contributed by atoms with Crippen LogP contribution in [0.4, 0.5) is 18.9 Å². The van der Waals surface area contributed by atoms with Gasteiger partial charge in [-0.25, -0.2) is 0 Å². The van der Waals surface area contributed by atoms with Gasteiger partial charge in [-0.1, -0.05) is 18.0 Å². The van der Waals surface area contributed by atoms with Gasteiger partial charge in [-0.3, -0.25) is 0 Å². The predicted octanol–water partition coefficient (Wildman–Crippen LogP) is 5.27. The molecule has 0 saturated heterocycles. The molecule has 1 aliphatic carbocycles. The van der Waals surface area contributed by atoms with Crippen molar-refractivity contribution in [2.24, 2.45) is 5.92 Å². The third-order valence-electron chi connectivity index (χ3n) is 3.74. The van der Waals surface area contributed by atoms with Gasteiger partial charge >= 0.3 is 6.18 Å². The molecule has 1 saturated carbocycles. The summed E-state index contributed by atoms with van der Waals surface area (Å²) in [5.74, 6) is -0.602. The Bertz CT molecular complexity index is 478. The molecule has 0 heterocycles. The van der Waals surface area contributed by atoms with Gasteiger partial charge in [0.15, 0.2) is 0 Å². The van der Waals surface area contributed by atoms with Crippen molar-refractivity contribution in [3.05, 3.63) is 23.2 Å². The standard InChI is InChI=1S/C15H19ClF3NO/c1-2-21-14-7-6-11(16)9-13(14)20-12-5-3-4-10(8-12)15(17,18)19/h6-7,9-10,12,20H,2-5,8H2,1H3. The summed E-state index contributed by atoms with van der Waals surface area (Å²) >= 11 is 5.96. The maximum atomic E-state index is 12.8. The van der Waals surface area contributed by atoms with E-state index in [1.54, 1.807) is 18.2 Å². The van der Waals surface area contributed by atoms with E-state index in [9.17, 15) is 13.2 Å². The van der Waals surface area contributed by atoms with Gasteiger partial charge in [-0.15, -0.1) is 0 Å². The third-order valence-corrected chi connectivity index (χ3v) is 3.97. The zero-order valence-corrected chi connectivity index (χ0v) is 12.6. The van der Waals surface area contributed by atoms with Gasteiger partial charge < -0.3 is 10.1 Å². The fraction of sp³-hybridized carbons (Fsp3) is 0.600. The first kappa shape index (κ1) is 16.3. The highest BCUT2D eigenvalue weighted by atomic mass is 35.5. The van der Waals surface area contributed by atoms with E-state index in [0.29, 0.717) is 29.5 Å². The molecule has 1 aliphatic rings. The molecule has 118 valence electrons. The summed E-state index contributed by atoms with van der Waals surface area (Å²) in [4.78, 5) is 0. The molecule has 1 aromatic carbocycles. The van der Waals surface area contributed by atoms with Crippen molar-refractivity contribution in [3.63, 3.8) is 0 Å². The Balaban J connectivity index is 2.08. The Kier molecular flexibility index (Phi) is 5.25. The molecule has 0 aromatic heterocycles. The van der Waals surface area contributed by atoms with Gasteiger partial charge in [0.1, 0.15) is 5.75 Å². The molecule has 6 heteroatoms. The maximum Gasteiger partial charge on any atom is 0.391 e. The van der Waals surface area contributed by atoms with Crippen molar-refractivity contribution in [2.75, 3.05) is 11.9 Å². The number of alkyl halides is 3. The molecule has 2 unspecified atom stereocenters. The summed E-state index contributed by atoms with van der Waals surface area (Å²) in [6, 6.07) is 4.93. The number of anilines is 1. The second kappa shape index (κ2) is 6.77. The molecule has 1 N–H and O–H groups in total. The molecule has 0 aliphatic heterocycles. The summed E-state index contributed by atoms with van der Waals surface area (Å²) in [5, 5.41) is 3.70. The van der Waals surface area contributed by atoms with Crippen LogP contribution in [-0.4, -0.2) is 18.8 Å². The number of ether oxygens (including phenoxy) is 1. The molecule has 0 radical (unpaired) electrons. The smallest absolute Gasteiger partial charge is 0.391 e. The average Bonchev–Trinajstić information content (AvgIpc) is 2.41. The summed E-state index contributed by atoms with van der Waals surface area (Å²) < 4.78 is 44.0. The number of rotatable bonds is 4. The molecule has 0 spiro atoms. The molecule has 21 heavy (non-hydrogen) atoms. The molecule has 2 rings (SSSR count). The van der Waals surface area contributed by atoms with E-state index in [-0.39, 0.29) is 18.9 Å². The van der Waals surface area contributed by atoms with Gasteiger partial charge in [0, 0.05) is 11.1 Å². The van der Waals surface area contributed by atoms with Crippen molar-refractivity contribution < 1.29 is 17.9 Å². The van der Waals surface area contributed by atoms with Gasteiger partial charge in [0.05, 0.1) is 18.2 Å². The van der Waals surface area contributed by atoms with Crippen molar-refractivity contribution in [1.29, 1.82) is 0 Å². The first-order chi connectivity index (χ1) is 9.90. The second-order valence-corrected chi connectivity index (χ2v) is 5.76. The Hall–Kier alpha value is -1.10. The molecule has 2 nitrogen and oxygen atoms in total. The Morgan fingerprint density at radius 2 is 2.10 bits per heavy atom. The van der Waals surface area contributed by atoms with E-state index in [1.165, 1.54) is 0 Å². The van der Waals surface area contributed by atoms with Crippen LogP contribution in [0.25, 0.3) is 0 Å². The van der Waals surface area contributed by atoms with Gasteiger partial charge in [-0.2, -0.15) is 13.2 Å². The molecule has 1 aromatic rings. The predicted molar refractivity (Wildman–Crippen MR) is 78.0 cm³/mol. The van der Waals surface area contributed by atoms with Crippen molar-refractivity contribution in [2.45, 2.75) is 44.8 Å². The number of hydrogen-bond donors (Lipinski definition) is 1. The summed E-state index contributed by atoms with van der Waals surface area (Å²) in [6.07, 6.45) is -2.49. The number of halogens is 4. The summed E-state index contributed by atoms with van der Waals surface area (Å²) in [5.41, 5.74) is 0.664. The van der Waals surface area contributed by atoms with Crippen LogP contribution < -0.4 is 10.1 Å². The van der Waals surface area contributed by atoms with E-state index in [1.807, 2.05) is 6.92 Å². The lowest BCUT2D eigenvalue weighted by Crippen LogP contribution is -2.34. The van der Waals surface area contributed by atoms with E-state index in [2.05, 4.69) is 5.32 Å². The highest BCUT2D eigenvalue weighted by Crippen LogP contribution is 2.39. The minimum absolute atomic E-state index is 0.0988. The first-order valence-electron chi connectivity index (χ1n) is 7.15. The van der Waals surface area contributed by atoms with Crippen LogP contribution >= 0.6 is 11.6 Å². The second-order valence-electron chi connectivity index (χ2n) is 5.32. The average molecular weight is 322 g/mol. The molecule has 0 bridgehead atoms. The molecule has 2 atom stereocenters. The van der Waals surface area contributed by atoms with Gasteiger partial charge in [0.25, 0.3) is 0 Å². The molecular weight excluding hydrogens is 303 g/mol. The van der Waals surface area contributed by atoms with E-state index >= 15 is 0 Å². The van der Waals surface area contributed by atoms with E-state index in [0.717, 1.165) is 6.42 Å². The molecule has 1 fully saturated rings. The number of hydrogen-bond acceptors (Lipinski definition) is 2. The normalized spacial score (nSPS) is 22.9. The van der Waals surface area contributed by atoms with Gasteiger partial charge in [-0.05, 0) is 44.4 Å². The number of nitrogens with one attached hydrogen (secondary N) is 1. The molecule has 0 amide bonds. The lowest BCUT2D eigenvalue weighted by atomic mass is 9.85. The van der Waals surface area contributed by atoms with E-state index in [4.69, 9.17) is 16.3 Å². The van der Waals surface area contributed by atoms with Crippen LogP contribution in [0.3, 0.4) is 0 Å². The topological polar surface area (TPSA) is 21.3 Å². The van der Waals surface area contributed by atoms with Gasteiger partial charge in [0.2, 0.25) is 0 Å². The monoisotopic (exact) mass is 321 g/mol. The van der Waals surface area contributed by atoms with Crippen LogP contribution in [0.5, 0.6) is 5.75 Å². The van der Waals surface area contributed by atoms with Crippen molar-refractivity contribution in [1.82, 2.24) is 0 Å². The lowest BCUT2D eigenvalue weighted by Gasteiger charge is -2.32. The van der Waals surface area contributed by atoms with Crippen molar-refractivity contribution in [3.8, 4) is 5.75 Å². The van der Waals surface area contributed by atoms with Crippen LogP contribution in [-0.2, 0) is 0 Å². The summed E-state index contributed by atoms with van der Waals surface area (Å²) in [6.45, 7) is 2.35. The highest BCUT2D eigenvalue weighted by molar-refractivity contribution is 6.30. The highest BCUT2D eigenvalue weighted by Gasteiger charge is 2.42. The quantitative estimate of drug-likeness (QED) is 0.815. The van der Waals surface area contributed by atoms with Crippen LogP contribution in [0.2, 0.25) is 5.02 Å².